The maximum atomic E-state index is 14.5. The minimum atomic E-state index is -0.523. The van der Waals surface area contributed by atoms with Crippen molar-refractivity contribution in [3.63, 3.8) is 0 Å². The van der Waals surface area contributed by atoms with E-state index >= 15 is 0 Å². The molecule has 0 aromatic rings. The SMILES string of the molecule is CC1(C)CCC2(C(=O)NBC3CCCCCCC3)CC[C@]3(C)C(=CCC4[C@@]5(C)C=C(C#N)C(=O)C(C)(C)[C@@H]5CC[C@]43C)[C@@H]2C1. The minimum absolute atomic E-state index is 0.0115. The van der Waals surface area contributed by atoms with Gasteiger partial charge in [0, 0.05) is 5.41 Å². The molecule has 44 heavy (non-hydrogen) atoms. The van der Waals surface area contributed by atoms with Crippen LogP contribution in [0.1, 0.15) is 145 Å². The van der Waals surface area contributed by atoms with E-state index in [-0.39, 0.29) is 38.8 Å². The molecule has 0 aromatic carbocycles. The van der Waals surface area contributed by atoms with Crippen molar-refractivity contribution in [1.82, 2.24) is 5.23 Å². The second kappa shape index (κ2) is 10.9. The Morgan fingerprint density at radius 3 is 2.23 bits per heavy atom. The Morgan fingerprint density at radius 1 is 0.886 bits per heavy atom. The molecule has 0 saturated heterocycles. The largest absolute Gasteiger partial charge is 0.402 e. The summed E-state index contributed by atoms with van der Waals surface area (Å²) >= 11 is 0. The summed E-state index contributed by atoms with van der Waals surface area (Å²) in [4.78, 5) is 27.9. The molecule has 1 amide bonds. The Kier molecular flexibility index (Phi) is 7.94. The molecule has 6 aliphatic rings. The molecule has 0 aromatic heterocycles. The molecule has 240 valence electrons. The topological polar surface area (TPSA) is 70.0 Å². The van der Waals surface area contributed by atoms with Crippen LogP contribution in [0.15, 0.2) is 23.3 Å². The normalized spacial score (nSPS) is 43.2. The van der Waals surface area contributed by atoms with Crippen LogP contribution in [0.25, 0.3) is 0 Å². The lowest BCUT2D eigenvalue weighted by molar-refractivity contribution is -0.165. The van der Waals surface area contributed by atoms with Crippen LogP contribution in [0, 0.1) is 61.6 Å². The number of hydrogen-bond donors (Lipinski definition) is 1. The summed E-state index contributed by atoms with van der Waals surface area (Å²) in [5.74, 6) is 1.91. The molecule has 4 saturated carbocycles. The van der Waals surface area contributed by atoms with Gasteiger partial charge in [0.25, 0.3) is 0 Å². The first-order valence-electron chi connectivity index (χ1n) is 18.3. The molecule has 4 fully saturated rings. The van der Waals surface area contributed by atoms with E-state index in [1.165, 1.54) is 44.9 Å². The molecule has 5 heteroatoms. The Bertz CT molecular complexity index is 1300. The molecule has 0 bridgehead atoms. The standard InChI is InChI=1S/C39H59BN2O2/c1-34(2)19-21-39(33(44)42-40-27-13-11-9-8-10-12-14-27)22-20-37(6)28(29(39)24-34)15-16-31-36(5)23-26(25-41)32(43)35(3,4)30(36)17-18-38(31,37)7/h15,23,27,29-31,40H,8-14,16-22,24H2,1-7H3,(H,42,44)/t29-,30-,31?,36-,37+,38+,39?/m0/s1. The van der Waals surface area contributed by atoms with Gasteiger partial charge in [0.2, 0.25) is 13.3 Å². The zero-order valence-corrected chi connectivity index (χ0v) is 29.0. The van der Waals surface area contributed by atoms with E-state index in [2.05, 4.69) is 71.9 Å². The van der Waals surface area contributed by atoms with Crippen molar-refractivity contribution in [2.75, 3.05) is 0 Å². The van der Waals surface area contributed by atoms with Gasteiger partial charge >= 0.3 is 0 Å². The van der Waals surface area contributed by atoms with Gasteiger partial charge in [-0.15, -0.1) is 0 Å². The second-order valence-corrected chi connectivity index (χ2v) is 18.4. The fourth-order valence-electron chi connectivity index (χ4n) is 12.4. The number of ketones is 1. The predicted molar refractivity (Wildman–Crippen MR) is 180 cm³/mol. The average molecular weight is 599 g/mol. The van der Waals surface area contributed by atoms with Crippen LogP contribution in [-0.4, -0.2) is 19.1 Å². The Morgan fingerprint density at radius 2 is 1.55 bits per heavy atom. The van der Waals surface area contributed by atoms with Crippen LogP contribution in [-0.2, 0) is 9.59 Å². The number of allylic oxidation sites excluding steroid dienone is 4. The molecule has 2 unspecified atom stereocenters. The first-order chi connectivity index (χ1) is 20.6. The van der Waals surface area contributed by atoms with Crippen LogP contribution in [0.2, 0.25) is 5.82 Å². The summed E-state index contributed by atoms with van der Waals surface area (Å²) in [6.45, 7) is 16.5. The third-order valence-corrected chi connectivity index (χ3v) is 15.3. The van der Waals surface area contributed by atoms with Gasteiger partial charge in [0.05, 0.1) is 11.0 Å². The van der Waals surface area contributed by atoms with Gasteiger partial charge in [-0.05, 0) is 96.6 Å². The molecule has 0 radical (unpaired) electrons. The van der Waals surface area contributed by atoms with Crippen molar-refractivity contribution in [2.45, 2.75) is 151 Å². The number of rotatable bonds is 3. The highest BCUT2D eigenvalue weighted by molar-refractivity contribution is 6.39. The van der Waals surface area contributed by atoms with Crippen LogP contribution in [0.5, 0.6) is 0 Å². The Labute approximate surface area is 268 Å². The van der Waals surface area contributed by atoms with Gasteiger partial charge in [-0.25, -0.2) is 0 Å². The van der Waals surface area contributed by atoms with E-state index < -0.39 is 5.41 Å². The summed E-state index contributed by atoms with van der Waals surface area (Å²) < 4.78 is 0. The van der Waals surface area contributed by atoms with E-state index in [1.807, 2.05) is 0 Å². The summed E-state index contributed by atoms with van der Waals surface area (Å²) in [7, 11) is 0.856. The Balaban J connectivity index is 1.35. The van der Waals surface area contributed by atoms with Crippen molar-refractivity contribution in [2.24, 2.45) is 50.2 Å². The number of amides is 1. The number of hydrogen-bond acceptors (Lipinski definition) is 3. The summed E-state index contributed by atoms with van der Waals surface area (Å²) in [6, 6.07) is 2.30. The lowest BCUT2D eigenvalue weighted by atomic mass is 9.34. The van der Waals surface area contributed by atoms with Gasteiger partial charge < -0.3 is 5.23 Å². The third-order valence-electron chi connectivity index (χ3n) is 15.3. The lowest BCUT2D eigenvalue weighted by Gasteiger charge is -2.70. The van der Waals surface area contributed by atoms with Gasteiger partial charge in [0.1, 0.15) is 6.07 Å². The quantitative estimate of drug-likeness (QED) is 0.260. The minimum Gasteiger partial charge on any atom is -0.402 e. The van der Waals surface area contributed by atoms with Gasteiger partial charge in [-0.3, -0.25) is 9.59 Å². The smallest absolute Gasteiger partial charge is 0.239 e. The number of carbonyl (C=O) groups excluding carboxylic acids is 2. The maximum absolute atomic E-state index is 14.5. The fourth-order valence-corrected chi connectivity index (χ4v) is 12.4. The summed E-state index contributed by atoms with van der Waals surface area (Å²) in [5, 5.41) is 13.6. The number of fused-ring (bicyclic) bond motifs is 7. The highest BCUT2D eigenvalue weighted by Gasteiger charge is 2.69. The molecule has 6 rings (SSSR count). The molecular weight excluding hydrogens is 539 g/mol. The molecule has 0 heterocycles. The van der Waals surface area contributed by atoms with E-state index in [4.69, 9.17) is 0 Å². The first-order valence-corrected chi connectivity index (χ1v) is 18.3. The zero-order chi connectivity index (χ0) is 31.8. The molecule has 6 aliphatic carbocycles. The van der Waals surface area contributed by atoms with Gasteiger partial charge in [-0.2, -0.15) is 5.26 Å². The monoisotopic (exact) mass is 598 g/mol. The van der Waals surface area contributed by atoms with E-state index in [9.17, 15) is 14.9 Å². The van der Waals surface area contributed by atoms with Crippen LogP contribution < -0.4 is 5.23 Å². The third kappa shape index (κ3) is 4.65. The molecular formula is C39H59BN2O2. The summed E-state index contributed by atoms with van der Waals surface area (Å²) in [6.07, 6.45) is 22.2. The number of nitriles is 1. The van der Waals surface area contributed by atoms with Crippen molar-refractivity contribution < 1.29 is 9.59 Å². The van der Waals surface area contributed by atoms with Crippen molar-refractivity contribution in [1.29, 1.82) is 5.26 Å². The van der Waals surface area contributed by atoms with Gasteiger partial charge in [-0.1, -0.05) is 111 Å². The van der Waals surface area contributed by atoms with E-state index in [1.54, 1.807) is 5.57 Å². The van der Waals surface area contributed by atoms with E-state index in [0.29, 0.717) is 29.1 Å². The van der Waals surface area contributed by atoms with E-state index in [0.717, 1.165) is 58.8 Å². The van der Waals surface area contributed by atoms with Crippen LogP contribution in [0.3, 0.4) is 0 Å². The summed E-state index contributed by atoms with van der Waals surface area (Å²) in [5.41, 5.74) is 1.23. The number of nitrogens with one attached hydrogen (secondary N) is 1. The van der Waals surface area contributed by atoms with Crippen molar-refractivity contribution in [3.05, 3.63) is 23.3 Å². The molecule has 0 spiro atoms. The van der Waals surface area contributed by atoms with Crippen LogP contribution in [0.4, 0.5) is 0 Å². The number of carbonyl (C=O) groups is 2. The molecule has 1 N–H and O–H groups in total. The number of Topliss-reactive ketones (excluding diaryl/α,β-unsaturated/α-hetero) is 1. The fraction of sp³-hybridized carbons (Fsp3) is 0.821. The molecule has 4 nitrogen and oxygen atoms in total. The van der Waals surface area contributed by atoms with Crippen LogP contribution >= 0.6 is 0 Å². The lowest BCUT2D eigenvalue weighted by Crippen LogP contribution is -2.64. The highest BCUT2D eigenvalue weighted by Crippen LogP contribution is 2.75. The number of nitrogens with zero attached hydrogens (tertiary/aromatic N) is 1. The molecule has 7 atom stereocenters. The zero-order valence-electron chi connectivity index (χ0n) is 29.0. The predicted octanol–water partition coefficient (Wildman–Crippen LogP) is 9.03. The maximum Gasteiger partial charge on any atom is 0.239 e. The second-order valence-electron chi connectivity index (χ2n) is 18.4. The first kappa shape index (κ1) is 32.1. The molecule has 0 aliphatic heterocycles. The highest BCUT2D eigenvalue weighted by atomic mass is 16.2. The Hall–Kier alpha value is -1.83. The van der Waals surface area contributed by atoms with Crippen molar-refractivity contribution >= 4 is 19.1 Å². The van der Waals surface area contributed by atoms with Gasteiger partial charge in [0.15, 0.2) is 5.78 Å². The average Bonchev–Trinajstić information content (AvgIpc) is 2.94. The van der Waals surface area contributed by atoms with Crippen molar-refractivity contribution in [3.8, 4) is 6.07 Å².